The van der Waals surface area contributed by atoms with Gasteiger partial charge in [0.05, 0.1) is 17.2 Å². The van der Waals surface area contributed by atoms with Gasteiger partial charge in [0.25, 0.3) is 5.91 Å². The topological polar surface area (TPSA) is 47.4 Å². The lowest BCUT2D eigenvalue weighted by Gasteiger charge is -2.13. The van der Waals surface area contributed by atoms with Crippen molar-refractivity contribution in [1.82, 2.24) is 14.7 Å². The van der Waals surface area contributed by atoms with E-state index in [0.29, 0.717) is 39.2 Å². The molecular weight excluding hydrogens is 481 g/mol. The highest BCUT2D eigenvalue weighted by Crippen LogP contribution is 2.35. The molecule has 1 fully saturated rings. The lowest BCUT2D eigenvalue weighted by Crippen LogP contribution is -2.28. The first kappa shape index (κ1) is 25.1. The summed E-state index contributed by atoms with van der Waals surface area (Å²) in [6, 6.07) is 14.5. The molecule has 8 heteroatoms. The molecule has 1 aliphatic heterocycles. The Morgan fingerprint density at radius 3 is 2.63 bits per heavy atom. The van der Waals surface area contributed by atoms with Gasteiger partial charge in [-0.05, 0) is 49.2 Å². The zero-order valence-electron chi connectivity index (χ0n) is 19.9. The molecule has 0 N–H and O–H groups in total. The number of para-hydroxylation sites is 1. The van der Waals surface area contributed by atoms with Crippen LogP contribution in [0.5, 0.6) is 5.75 Å². The molecule has 2 aromatic carbocycles. The quantitative estimate of drug-likeness (QED) is 0.170. The van der Waals surface area contributed by atoms with Gasteiger partial charge in [-0.15, -0.1) is 0 Å². The van der Waals surface area contributed by atoms with Crippen LogP contribution in [0.25, 0.3) is 23.0 Å². The molecule has 35 heavy (non-hydrogen) atoms. The first-order chi connectivity index (χ1) is 17.0. The Morgan fingerprint density at radius 2 is 1.91 bits per heavy atom. The van der Waals surface area contributed by atoms with Gasteiger partial charge in [-0.1, -0.05) is 68.9 Å². The molecule has 4 rings (SSSR count). The zero-order valence-corrected chi connectivity index (χ0v) is 21.5. The molecule has 0 spiro atoms. The molecule has 1 amide bonds. The van der Waals surface area contributed by atoms with Crippen LogP contribution in [0.2, 0.25) is 0 Å². The Labute approximate surface area is 215 Å². The van der Waals surface area contributed by atoms with Crippen molar-refractivity contribution in [3.8, 4) is 22.7 Å². The molecule has 0 radical (unpaired) electrons. The molecule has 1 saturated heterocycles. The molecule has 5 nitrogen and oxygen atoms in total. The van der Waals surface area contributed by atoms with E-state index >= 15 is 0 Å². The number of hydrogen-bond acceptors (Lipinski definition) is 5. The highest BCUT2D eigenvalue weighted by molar-refractivity contribution is 8.26. The number of carbonyl (C=O) groups is 1. The molecule has 1 aliphatic rings. The Balaban J connectivity index is 1.71. The number of thiocarbonyl (C=S) groups is 1. The first-order valence-corrected chi connectivity index (χ1v) is 13.1. The molecule has 2 heterocycles. The molecule has 3 aromatic rings. The lowest BCUT2D eigenvalue weighted by atomic mass is 10.1. The van der Waals surface area contributed by atoms with Gasteiger partial charge in [-0.25, -0.2) is 9.07 Å². The van der Waals surface area contributed by atoms with E-state index in [1.807, 2.05) is 43.5 Å². The SMILES string of the molecule is CCCCCN1C(=O)C(=Cc2cn(-c3ccccc3)nc2-c2ccc(OCCC)c(F)c2)SC1=S. The normalized spacial score (nSPS) is 14.8. The number of rotatable bonds is 10. The molecule has 0 aliphatic carbocycles. The minimum absolute atomic E-state index is 0.0935. The van der Waals surface area contributed by atoms with Crippen LogP contribution in [0.3, 0.4) is 0 Å². The number of aromatic nitrogens is 2. The minimum atomic E-state index is -0.446. The lowest BCUT2D eigenvalue weighted by molar-refractivity contribution is -0.122. The van der Waals surface area contributed by atoms with Gasteiger partial charge in [-0.2, -0.15) is 5.10 Å². The average molecular weight is 510 g/mol. The molecule has 0 unspecified atom stereocenters. The predicted octanol–water partition coefficient (Wildman–Crippen LogP) is 6.86. The summed E-state index contributed by atoms with van der Waals surface area (Å²) in [5.74, 6) is -0.324. The van der Waals surface area contributed by atoms with E-state index in [1.165, 1.54) is 17.8 Å². The average Bonchev–Trinajstić information content (AvgIpc) is 3.40. The van der Waals surface area contributed by atoms with E-state index in [9.17, 15) is 9.18 Å². The zero-order chi connectivity index (χ0) is 24.8. The monoisotopic (exact) mass is 509 g/mol. The summed E-state index contributed by atoms with van der Waals surface area (Å²) >= 11 is 6.77. The fraction of sp³-hybridized carbons (Fsp3) is 0.296. The van der Waals surface area contributed by atoms with Crippen molar-refractivity contribution < 1.29 is 13.9 Å². The summed E-state index contributed by atoms with van der Waals surface area (Å²) in [6.45, 7) is 5.17. The number of amides is 1. The number of thioether (sulfide) groups is 1. The third kappa shape index (κ3) is 5.82. The second kappa shape index (κ2) is 11.6. The van der Waals surface area contributed by atoms with E-state index in [1.54, 1.807) is 27.8 Å². The van der Waals surface area contributed by atoms with Crippen molar-refractivity contribution in [3.63, 3.8) is 0 Å². The van der Waals surface area contributed by atoms with Crippen LogP contribution in [0.1, 0.15) is 45.1 Å². The molecule has 0 saturated carbocycles. The smallest absolute Gasteiger partial charge is 0.266 e. The van der Waals surface area contributed by atoms with Crippen LogP contribution in [-0.2, 0) is 4.79 Å². The third-order valence-electron chi connectivity index (χ3n) is 5.58. The summed E-state index contributed by atoms with van der Waals surface area (Å²) in [5, 5.41) is 4.75. The van der Waals surface area contributed by atoms with E-state index in [2.05, 4.69) is 6.92 Å². The second-order valence-corrected chi connectivity index (χ2v) is 9.92. The van der Waals surface area contributed by atoms with Crippen LogP contribution >= 0.6 is 24.0 Å². The van der Waals surface area contributed by atoms with E-state index in [0.717, 1.165) is 31.4 Å². The van der Waals surface area contributed by atoms with Gasteiger partial charge in [-0.3, -0.25) is 9.69 Å². The largest absolute Gasteiger partial charge is 0.491 e. The Kier molecular flexibility index (Phi) is 8.36. The van der Waals surface area contributed by atoms with Crippen LogP contribution in [0, 0.1) is 5.82 Å². The standard InChI is InChI=1S/C27H28FN3O2S2/c1-3-5-9-14-30-26(32)24(35-27(30)34)17-20-18-31(21-10-7-6-8-11-21)29-25(20)19-12-13-23(22(28)16-19)33-15-4-2/h6-8,10-13,16-18H,3-5,9,14-15H2,1-2H3. The van der Waals surface area contributed by atoms with Crippen molar-refractivity contribution in [3.05, 3.63) is 71.0 Å². The maximum absolute atomic E-state index is 14.8. The maximum atomic E-state index is 14.8. The van der Waals surface area contributed by atoms with Gasteiger partial charge in [0.15, 0.2) is 11.6 Å². The van der Waals surface area contributed by atoms with Crippen LogP contribution < -0.4 is 4.74 Å². The van der Waals surface area contributed by atoms with Crippen molar-refractivity contribution in [1.29, 1.82) is 0 Å². The van der Waals surface area contributed by atoms with E-state index < -0.39 is 5.82 Å². The van der Waals surface area contributed by atoms with Crippen molar-refractivity contribution in [2.24, 2.45) is 0 Å². The second-order valence-electron chi connectivity index (χ2n) is 8.25. The summed E-state index contributed by atoms with van der Waals surface area (Å²) < 4.78 is 22.6. The number of ether oxygens (including phenoxy) is 1. The first-order valence-electron chi connectivity index (χ1n) is 11.8. The van der Waals surface area contributed by atoms with Crippen LogP contribution in [-0.4, -0.2) is 38.1 Å². The number of hydrogen-bond donors (Lipinski definition) is 0. The van der Waals surface area contributed by atoms with Crippen LogP contribution in [0.4, 0.5) is 4.39 Å². The van der Waals surface area contributed by atoms with Gasteiger partial charge in [0.1, 0.15) is 10.0 Å². The number of halogens is 1. The summed E-state index contributed by atoms with van der Waals surface area (Å²) in [5.41, 5.74) is 2.75. The highest BCUT2D eigenvalue weighted by Gasteiger charge is 2.32. The van der Waals surface area contributed by atoms with Crippen molar-refractivity contribution in [2.75, 3.05) is 13.2 Å². The predicted molar refractivity (Wildman–Crippen MR) is 144 cm³/mol. The summed E-state index contributed by atoms with van der Waals surface area (Å²) in [6.07, 6.45) is 7.50. The Bertz CT molecular complexity index is 1240. The number of nitrogens with zero attached hydrogens (tertiary/aromatic N) is 3. The summed E-state index contributed by atoms with van der Waals surface area (Å²) in [4.78, 5) is 15.3. The van der Waals surface area contributed by atoms with Gasteiger partial charge in [0.2, 0.25) is 0 Å². The van der Waals surface area contributed by atoms with Gasteiger partial charge < -0.3 is 4.74 Å². The van der Waals surface area contributed by atoms with Crippen molar-refractivity contribution in [2.45, 2.75) is 39.5 Å². The third-order valence-corrected chi connectivity index (χ3v) is 6.95. The maximum Gasteiger partial charge on any atom is 0.266 e. The van der Waals surface area contributed by atoms with Gasteiger partial charge in [0, 0.05) is 23.9 Å². The fourth-order valence-electron chi connectivity index (χ4n) is 3.76. The molecule has 182 valence electrons. The van der Waals surface area contributed by atoms with E-state index in [4.69, 9.17) is 22.1 Å². The molecular formula is C27H28FN3O2S2. The summed E-state index contributed by atoms with van der Waals surface area (Å²) in [7, 11) is 0. The van der Waals surface area contributed by atoms with Crippen LogP contribution in [0.15, 0.2) is 59.6 Å². The number of unbranched alkanes of at least 4 members (excludes halogenated alkanes) is 2. The molecule has 1 aromatic heterocycles. The van der Waals surface area contributed by atoms with E-state index in [-0.39, 0.29) is 11.7 Å². The van der Waals surface area contributed by atoms with Gasteiger partial charge >= 0.3 is 0 Å². The molecule has 0 atom stereocenters. The van der Waals surface area contributed by atoms with Crippen molar-refractivity contribution >= 4 is 40.3 Å². The number of carbonyl (C=O) groups excluding carboxylic acids is 1. The Morgan fingerprint density at radius 1 is 1.11 bits per heavy atom. The Hall–Kier alpha value is -2.97. The fourth-order valence-corrected chi connectivity index (χ4v) is 5.06. The number of benzene rings is 2. The molecule has 0 bridgehead atoms. The minimum Gasteiger partial charge on any atom is -0.491 e. The highest BCUT2D eigenvalue weighted by atomic mass is 32.2.